The molecule has 13 heteroatoms. The second kappa shape index (κ2) is 7.67. The Morgan fingerprint density at radius 1 is 1.45 bits per heavy atom. The zero-order valence-electron chi connectivity index (χ0n) is 11.1. The van der Waals surface area contributed by atoms with Crippen LogP contribution in [0.25, 0.3) is 0 Å². The fourth-order valence-corrected chi connectivity index (χ4v) is 2.21. The fraction of sp³-hybridized carbons (Fsp3) is 0.556. The number of nitrogen functional groups attached to an aromatic ring is 1. The molecule has 0 saturated carbocycles. The van der Waals surface area contributed by atoms with E-state index < -0.39 is 44.7 Å². The molecule has 2 rings (SSSR count). The minimum Gasteiger partial charge on any atom is -0.790 e. The number of ether oxygens (including phenoxy) is 1. The van der Waals surface area contributed by atoms with Crippen molar-refractivity contribution < 1.29 is 33.8 Å². The molecule has 0 bridgehead atoms. The van der Waals surface area contributed by atoms with Gasteiger partial charge in [0.1, 0.15) is 24.1 Å². The summed E-state index contributed by atoms with van der Waals surface area (Å²) in [6.07, 6.45) is -4.51. The third-order valence-corrected chi connectivity index (χ3v) is 3.33. The van der Waals surface area contributed by atoms with Gasteiger partial charge in [0.15, 0.2) is 6.23 Å². The van der Waals surface area contributed by atoms with Crippen molar-refractivity contribution in [3.63, 3.8) is 0 Å². The smallest absolute Gasteiger partial charge is 0.790 e. The molecular formula is C9H12CaN3O8P. The Balaban J connectivity index is 0.00000242. The van der Waals surface area contributed by atoms with Gasteiger partial charge in [-0.2, -0.15) is 4.98 Å². The van der Waals surface area contributed by atoms with Gasteiger partial charge < -0.3 is 39.6 Å². The third-order valence-electron chi connectivity index (χ3n) is 2.86. The van der Waals surface area contributed by atoms with E-state index in [-0.39, 0.29) is 43.6 Å². The molecule has 4 N–H and O–H groups in total. The van der Waals surface area contributed by atoms with Gasteiger partial charge in [-0.1, -0.05) is 0 Å². The summed E-state index contributed by atoms with van der Waals surface area (Å²) in [5.41, 5.74) is 4.49. The van der Waals surface area contributed by atoms with Crippen molar-refractivity contribution in [2.45, 2.75) is 24.5 Å². The molecule has 0 unspecified atom stereocenters. The molecular weight excluding hydrogens is 349 g/mol. The monoisotopic (exact) mass is 361 g/mol. The summed E-state index contributed by atoms with van der Waals surface area (Å²) in [4.78, 5) is 35.8. The van der Waals surface area contributed by atoms with Gasteiger partial charge in [-0.05, 0) is 6.07 Å². The SMILES string of the molecule is Nc1ccn([C@@H]2O[C@H](COP(=O)([O-])[O-])[C@@H](O)[C@H]2O)c(=O)n1.[Ca+2]. The molecule has 1 aliphatic heterocycles. The first-order valence-corrected chi connectivity index (χ1v) is 7.18. The zero-order chi connectivity index (χ0) is 15.8. The van der Waals surface area contributed by atoms with Crippen molar-refractivity contribution in [3.8, 4) is 0 Å². The Bertz CT molecular complexity index is 621. The molecule has 2 heterocycles. The summed E-state index contributed by atoms with van der Waals surface area (Å²) in [6.45, 7) is -0.782. The summed E-state index contributed by atoms with van der Waals surface area (Å²) in [5.74, 6) is -0.0391. The van der Waals surface area contributed by atoms with Crippen LogP contribution < -0.4 is 21.2 Å². The van der Waals surface area contributed by atoms with E-state index in [0.717, 1.165) is 4.57 Å². The first-order chi connectivity index (χ1) is 9.69. The molecule has 1 aromatic rings. The standard InChI is InChI=1S/C9H14N3O8P.Ca/c10-5-1-2-12(9(15)11-5)8-7(14)6(13)4(20-8)3-19-21(16,17)18;/h1-2,4,6-8,13-14H,3H2,(H2,10,11,15)(H2,16,17,18);/q;+2/p-2/t4-,6-,7-,8-;/m1./s1. The van der Waals surface area contributed by atoms with E-state index in [9.17, 15) is 29.4 Å². The van der Waals surface area contributed by atoms with E-state index in [0.29, 0.717) is 0 Å². The third kappa shape index (κ3) is 4.71. The maximum Gasteiger partial charge on any atom is 2.00 e. The number of aromatic nitrogens is 2. The number of hydrogen-bond acceptors (Lipinski definition) is 10. The van der Waals surface area contributed by atoms with Crippen molar-refractivity contribution >= 4 is 51.4 Å². The fourth-order valence-electron chi connectivity index (χ4n) is 1.88. The first kappa shape index (κ1) is 20.0. The Labute approximate surface area is 153 Å². The number of rotatable bonds is 4. The van der Waals surface area contributed by atoms with Crippen molar-refractivity contribution in [1.29, 1.82) is 0 Å². The number of aliphatic hydroxyl groups excluding tert-OH is 2. The average Bonchev–Trinajstić information content (AvgIpc) is 2.64. The number of nitrogens with two attached hydrogens (primary N) is 1. The number of phosphoric ester groups is 1. The maximum absolute atomic E-state index is 11.6. The van der Waals surface area contributed by atoms with Crippen molar-refractivity contribution in [2.24, 2.45) is 0 Å². The molecule has 0 amide bonds. The maximum atomic E-state index is 11.6. The predicted molar refractivity (Wildman–Crippen MR) is 68.1 cm³/mol. The van der Waals surface area contributed by atoms with Crippen LogP contribution in [-0.2, 0) is 13.8 Å². The van der Waals surface area contributed by atoms with E-state index in [1.165, 1.54) is 12.3 Å². The van der Waals surface area contributed by atoms with E-state index in [1.54, 1.807) is 0 Å². The van der Waals surface area contributed by atoms with E-state index in [2.05, 4.69) is 9.51 Å². The number of nitrogens with zero attached hydrogens (tertiary/aromatic N) is 2. The second-order valence-corrected chi connectivity index (χ2v) is 5.48. The number of phosphoric acid groups is 1. The number of hydrogen-bond donors (Lipinski definition) is 3. The van der Waals surface area contributed by atoms with Crippen LogP contribution >= 0.6 is 7.82 Å². The molecule has 1 aliphatic rings. The molecule has 118 valence electrons. The van der Waals surface area contributed by atoms with Gasteiger partial charge in [0.25, 0.3) is 0 Å². The van der Waals surface area contributed by atoms with Gasteiger partial charge in [0, 0.05) is 6.20 Å². The van der Waals surface area contributed by atoms with E-state index in [1.807, 2.05) is 0 Å². The van der Waals surface area contributed by atoms with Gasteiger partial charge in [0.05, 0.1) is 14.4 Å². The molecule has 22 heavy (non-hydrogen) atoms. The Morgan fingerprint density at radius 2 is 2.09 bits per heavy atom. The van der Waals surface area contributed by atoms with E-state index >= 15 is 0 Å². The van der Waals surface area contributed by atoms with Crippen LogP contribution in [-0.4, -0.2) is 82.4 Å². The van der Waals surface area contributed by atoms with Crippen LogP contribution in [0, 0.1) is 0 Å². The molecule has 1 aromatic heterocycles. The first-order valence-electron chi connectivity index (χ1n) is 5.72. The molecule has 1 saturated heterocycles. The average molecular weight is 361 g/mol. The molecule has 0 spiro atoms. The van der Waals surface area contributed by atoms with Gasteiger partial charge >= 0.3 is 43.4 Å². The predicted octanol–water partition coefficient (Wildman–Crippen LogP) is -4.09. The zero-order valence-corrected chi connectivity index (χ0v) is 14.2. The summed E-state index contributed by atoms with van der Waals surface area (Å²) in [5, 5.41) is 19.6. The second-order valence-electron chi connectivity index (χ2n) is 4.33. The molecule has 0 aliphatic carbocycles. The van der Waals surface area contributed by atoms with Crippen LogP contribution in [0.3, 0.4) is 0 Å². The van der Waals surface area contributed by atoms with Gasteiger partial charge in [-0.25, -0.2) is 4.79 Å². The summed E-state index contributed by atoms with van der Waals surface area (Å²) in [7, 11) is -5.24. The van der Waals surface area contributed by atoms with Crippen LogP contribution in [0.1, 0.15) is 6.23 Å². The van der Waals surface area contributed by atoms with Crippen molar-refractivity contribution in [1.82, 2.24) is 9.55 Å². The van der Waals surface area contributed by atoms with Crippen molar-refractivity contribution in [3.05, 3.63) is 22.7 Å². The van der Waals surface area contributed by atoms with E-state index in [4.69, 9.17) is 10.5 Å². The summed E-state index contributed by atoms with van der Waals surface area (Å²) in [6, 6.07) is 1.27. The summed E-state index contributed by atoms with van der Waals surface area (Å²) < 4.78 is 20.4. The quantitative estimate of drug-likeness (QED) is 0.352. The number of aliphatic hydroxyl groups is 2. The number of anilines is 1. The van der Waals surface area contributed by atoms with Gasteiger partial charge in [0.2, 0.25) is 0 Å². The molecule has 11 nitrogen and oxygen atoms in total. The van der Waals surface area contributed by atoms with Crippen molar-refractivity contribution in [2.75, 3.05) is 12.3 Å². The van der Waals surface area contributed by atoms with Gasteiger partial charge in [-0.15, -0.1) is 0 Å². The van der Waals surface area contributed by atoms with Crippen LogP contribution in [0.5, 0.6) is 0 Å². The summed E-state index contributed by atoms with van der Waals surface area (Å²) >= 11 is 0. The largest absolute Gasteiger partial charge is 2.00 e. The minimum absolute atomic E-state index is 0. The molecule has 0 aromatic carbocycles. The Kier molecular flexibility index (Phi) is 6.96. The van der Waals surface area contributed by atoms with Crippen LogP contribution in [0.4, 0.5) is 5.82 Å². The van der Waals surface area contributed by atoms with Crippen LogP contribution in [0.2, 0.25) is 0 Å². The topological polar surface area (TPSA) is 183 Å². The molecule has 1 fully saturated rings. The molecule has 0 radical (unpaired) electrons. The normalized spacial score (nSPS) is 28.4. The Hall–Kier alpha value is -0.0703. The molecule has 4 atom stereocenters. The van der Waals surface area contributed by atoms with Crippen LogP contribution in [0.15, 0.2) is 17.1 Å². The Morgan fingerprint density at radius 3 is 2.64 bits per heavy atom. The minimum atomic E-state index is -5.24. The van der Waals surface area contributed by atoms with Gasteiger partial charge in [-0.3, -0.25) is 4.57 Å².